The van der Waals surface area contributed by atoms with Crippen molar-refractivity contribution in [3.63, 3.8) is 0 Å². The van der Waals surface area contributed by atoms with E-state index in [9.17, 15) is 14.4 Å². The fourth-order valence-corrected chi connectivity index (χ4v) is 1.86. The Labute approximate surface area is 124 Å². The zero-order valence-corrected chi connectivity index (χ0v) is 13.1. The summed E-state index contributed by atoms with van der Waals surface area (Å²) in [5.74, 6) is -0.623. The second kappa shape index (κ2) is 10.5. The molecule has 0 heterocycles. The molecule has 1 unspecified atom stereocenters. The summed E-state index contributed by atoms with van der Waals surface area (Å²) in [5.41, 5.74) is 0. The van der Waals surface area contributed by atoms with Crippen LogP contribution in [-0.2, 0) is 14.4 Å². The standard InChI is InChI=1S/C13H24N2O4S/c1-9(2)8-14-11(16)4-5-12(17)15-10(13(18)19)6-7-20-3/h9-10H,4-8H2,1-3H3,(H,14,16)(H,15,17)(H,18,19). The lowest BCUT2D eigenvalue weighted by atomic mass is 10.2. The van der Waals surface area contributed by atoms with E-state index in [2.05, 4.69) is 10.6 Å². The molecule has 0 fully saturated rings. The molecular weight excluding hydrogens is 280 g/mol. The van der Waals surface area contributed by atoms with Gasteiger partial charge in [0.1, 0.15) is 6.04 Å². The predicted octanol–water partition coefficient (Wildman–Crippen LogP) is 0.861. The van der Waals surface area contributed by atoms with Crippen LogP contribution in [0.4, 0.5) is 0 Å². The average molecular weight is 304 g/mol. The number of carboxylic acids is 1. The molecule has 0 aromatic heterocycles. The van der Waals surface area contributed by atoms with Gasteiger partial charge in [0.05, 0.1) is 0 Å². The van der Waals surface area contributed by atoms with Crippen LogP contribution < -0.4 is 10.6 Å². The van der Waals surface area contributed by atoms with Gasteiger partial charge in [0.2, 0.25) is 11.8 Å². The molecule has 0 saturated carbocycles. The van der Waals surface area contributed by atoms with Crippen molar-refractivity contribution in [3.05, 3.63) is 0 Å². The third-order valence-electron chi connectivity index (χ3n) is 2.53. The van der Waals surface area contributed by atoms with Gasteiger partial charge in [-0.2, -0.15) is 11.8 Å². The summed E-state index contributed by atoms with van der Waals surface area (Å²) in [6.07, 6.45) is 2.34. The Balaban J connectivity index is 4.01. The monoisotopic (exact) mass is 304 g/mol. The molecule has 1 atom stereocenters. The molecule has 0 rings (SSSR count). The summed E-state index contributed by atoms with van der Waals surface area (Å²) in [4.78, 5) is 34.0. The van der Waals surface area contributed by atoms with Gasteiger partial charge in [-0.25, -0.2) is 4.79 Å². The normalized spacial score (nSPS) is 12.0. The maximum Gasteiger partial charge on any atom is 0.326 e. The fourth-order valence-electron chi connectivity index (χ4n) is 1.39. The highest BCUT2D eigenvalue weighted by molar-refractivity contribution is 7.98. The first-order chi connectivity index (χ1) is 9.36. The minimum absolute atomic E-state index is 0.00692. The Hall–Kier alpha value is -1.24. The Morgan fingerprint density at radius 2 is 1.75 bits per heavy atom. The lowest BCUT2D eigenvalue weighted by Crippen LogP contribution is -2.41. The average Bonchev–Trinajstić information content (AvgIpc) is 2.38. The van der Waals surface area contributed by atoms with Crippen molar-refractivity contribution in [3.8, 4) is 0 Å². The minimum atomic E-state index is -1.04. The highest BCUT2D eigenvalue weighted by atomic mass is 32.2. The number of rotatable bonds is 10. The molecular formula is C13H24N2O4S. The molecule has 2 amide bonds. The molecule has 3 N–H and O–H groups in total. The van der Waals surface area contributed by atoms with Gasteiger partial charge >= 0.3 is 5.97 Å². The number of nitrogens with one attached hydrogen (secondary N) is 2. The molecule has 0 saturated heterocycles. The van der Waals surface area contributed by atoms with Crippen molar-refractivity contribution in [1.82, 2.24) is 10.6 Å². The van der Waals surface area contributed by atoms with Crippen molar-refractivity contribution in [2.45, 2.75) is 39.2 Å². The summed E-state index contributed by atoms with van der Waals surface area (Å²) >= 11 is 1.52. The molecule has 7 heteroatoms. The van der Waals surface area contributed by atoms with E-state index in [0.29, 0.717) is 24.6 Å². The summed E-state index contributed by atoms with van der Waals surface area (Å²) in [7, 11) is 0. The molecule has 20 heavy (non-hydrogen) atoms. The maximum atomic E-state index is 11.6. The van der Waals surface area contributed by atoms with Crippen molar-refractivity contribution in [2.75, 3.05) is 18.6 Å². The topological polar surface area (TPSA) is 95.5 Å². The lowest BCUT2D eigenvalue weighted by molar-refractivity contribution is -0.141. The Morgan fingerprint density at radius 1 is 1.15 bits per heavy atom. The minimum Gasteiger partial charge on any atom is -0.480 e. The number of carbonyl (C=O) groups is 3. The highest BCUT2D eigenvalue weighted by Crippen LogP contribution is 2.02. The van der Waals surface area contributed by atoms with Gasteiger partial charge in [0.25, 0.3) is 0 Å². The van der Waals surface area contributed by atoms with Gasteiger partial charge in [0.15, 0.2) is 0 Å². The summed E-state index contributed by atoms with van der Waals surface area (Å²) in [5, 5.41) is 14.1. The van der Waals surface area contributed by atoms with E-state index in [1.807, 2.05) is 20.1 Å². The zero-order chi connectivity index (χ0) is 15.5. The fraction of sp³-hybridized carbons (Fsp3) is 0.769. The molecule has 116 valence electrons. The summed E-state index contributed by atoms with van der Waals surface area (Å²) in [6.45, 7) is 4.54. The maximum absolute atomic E-state index is 11.6. The van der Waals surface area contributed by atoms with E-state index in [1.54, 1.807) is 0 Å². The van der Waals surface area contributed by atoms with Gasteiger partial charge in [-0.15, -0.1) is 0 Å². The molecule has 0 bridgehead atoms. The van der Waals surface area contributed by atoms with Crippen LogP contribution in [0.15, 0.2) is 0 Å². The zero-order valence-electron chi connectivity index (χ0n) is 12.3. The van der Waals surface area contributed by atoms with Crippen molar-refractivity contribution >= 4 is 29.5 Å². The van der Waals surface area contributed by atoms with Crippen LogP contribution in [-0.4, -0.2) is 47.5 Å². The van der Waals surface area contributed by atoms with E-state index in [0.717, 1.165) is 0 Å². The molecule has 0 aromatic rings. The van der Waals surface area contributed by atoms with Crippen LogP contribution in [0.1, 0.15) is 33.1 Å². The number of carboxylic acid groups (broad SMARTS) is 1. The Kier molecular flexibility index (Phi) is 9.88. The predicted molar refractivity (Wildman–Crippen MR) is 79.6 cm³/mol. The molecule has 0 aliphatic carbocycles. The van der Waals surface area contributed by atoms with Gasteiger partial charge < -0.3 is 15.7 Å². The van der Waals surface area contributed by atoms with Crippen LogP contribution >= 0.6 is 11.8 Å². The van der Waals surface area contributed by atoms with E-state index in [1.165, 1.54) is 11.8 Å². The number of hydrogen-bond acceptors (Lipinski definition) is 4. The van der Waals surface area contributed by atoms with Crippen LogP contribution in [0.3, 0.4) is 0 Å². The van der Waals surface area contributed by atoms with Gasteiger partial charge in [-0.1, -0.05) is 13.8 Å². The first-order valence-electron chi connectivity index (χ1n) is 6.64. The number of aliphatic carboxylic acids is 1. The van der Waals surface area contributed by atoms with E-state index in [4.69, 9.17) is 5.11 Å². The van der Waals surface area contributed by atoms with Crippen LogP contribution in [0.2, 0.25) is 0 Å². The van der Waals surface area contributed by atoms with Crippen molar-refractivity contribution < 1.29 is 19.5 Å². The van der Waals surface area contributed by atoms with Gasteiger partial charge in [0, 0.05) is 19.4 Å². The van der Waals surface area contributed by atoms with Crippen LogP contribution in [0, 0.1) is 5.92 Å². The smallest absolute Gasteiger partial charge is 0.326 e. The van der Waals surface area contributed by atoms with E-state index >= 15 is 0 Å². The molecule has 6 nitrogen and oxygen atoms in total. The molecule has 0 spiro atoms. The van der Waals surface area contributed by atoms with Crippen LogP contribution in [0.25, 0.3) is 0 Å². The van der Waals surface area contributed by atoms with E-state index < -0.39 is 17.9 Å². The van der Waals surface area contributed by atoms with Gasteiger partial charge in [-0.05, 0) is 24.3 Å². The Morgan fingerprint density at radius 3 is 2.25 bits per heavy atom. The first kappa shape index (κ1) is 18.8. The SMILES string of the molecule is CSCCC(NC(=O)CCC(=O)NCC(C)C)C(=O)O. The van der Waals surface area contributed by atoms with E-state index in [-0.39, 0.29) is 18.7 Å². The lowest BCUT2D eigenvalue weighted by Gasteiger charge is -2.14. The van der Waals surface area contributed by atoms with Crippen molar-refractivity contribution in [2.24, 2.45) is 5.92 Å². The summed E-state index contributed by atoms with van der Waals surface area (Å²) in [6, 6.07) is -0.881. The second-order valence-electron chi connectivity index (χ2n) is 4.94. The quantitative estimate of drug-likeness (QED) is 0.556. The number of amides is 2. The second-order valence-corrected chi connectivity index (χ2v) is 5.92. The highest BCUT2D eigenvalue weighted by Gasteiger charge is 2.19. The van der Waals surface area contributed by atoms with Gasteiger partial charge in [-0.3, -0.25) is 9.59 Å². The van der Waals surface area contributed by atoms with Crippen LogP contribution in [0.5, 0.6) is 0 Å². The summed E-state index contributed by atoms with van der Waals surface area (Å²) < 4.78 is 0. The molecule has 0 aromatic carbocycles. The Bertz CT molecular complexity index is 334. The third kappa shape index (κ3) is 9.66. The largest absolute Gasteiger partial charge is 0.480 e. The molecule has 0 aliphatic heterocycles. The first-order valence-corrected chi connectivity index (χ1v) is 8.04. The number of carbonyl (C=O) groups excluding carboxylic acids is 2. The van der Waals surface area contributed by atoms with Crippen molar-refractivity contribution in [1.29, 1.82) is 0 Å². The number of hydrogen-bond donors (Lipinski definition) is 3. The number of thioether (sulfide) groups is 1. The third-order valence-corrected chi connectivity index (χ3v) is 3.17. The molecule has 0 aliphatic rings. The molecule has 0 radical (unpaired) electrons.